The summed E-state index contributed by atoms with van der Waals surface area (Å²) < 4.78 is 0. The second-order valence-electron chi connectivity index (χ2n) is 6.89. The lowest BCUT2D eigenvalue weighted by Gasteiger charge is -2.40. The van der Waals surface area contributed by atoms with Crippen LogP contribution in [0, 0.1) is 5.41 Å². The van der Waals surface area contributed by atoms with Gasteiger partial charge in [0.15, 0.2) is 0 Å². The molecule has 1 saturated carbocycles. The summed E-state index contributed by atoms with van der Waals surface area (Å²) in [6.45, 7) is 5.52. The smallest absolute Gasteiger partial charge is 0.0771 e. The van der Waals surface area contributed by atoms with Gasteiger partial charge in [0.1, 0.15) is 0 Å². The Morgan fingerprint density at radius 1 is 1.11 bits per heavy atom. The molecule has 1 unspecified atom stereocenters. The first kappa shape index (κ1) is 14.7. The minimum absolute atomic E-state index is 0.381. The molecule has 0 bridgehead atoms. The predicted molar refractivity (Wildman–Crippen MR) is 80.2 cm³/mol. The van der Waals surface area contributed by atoms with Crippen LogP contribution < -0.4 is 5.32 Å². The topological polar surface area (TPSA) is 32.3 Å². The van der Waals surface area contributed by atoms with E-state index in [4.69, 9.17) is 0 Å². The first-order chi connectivity index (χ1) is 8.52. The number of nitrogens with one attached hydrogen (secondary N) is 1. The van der Waals surface area contributed by atoms with E-state index in [1.807, 2.05) is 0 Å². The monoisotopic (exact) mass is 271 g/mol. The normalized spacial score (nSPS) is 31.8. The minimum atomic E-state index is -0.436. The second kappa shape index (κ2) is 6.15. The largest absolute Gasteiger partial charge is 0.389 e. The van der Waals surface area contributed by atoms with Crippen LogP contribution in [0.1, 0.15) is 58.8 Å². The third-order valence-electron chi connectivity index (χ3n) is 4.83. The maximum Gasteiger partial charge on any atom is 0.0771 e. The van der Waals surface area contributed by atoms with E-state index in [1.165, 1.54) is 43.6 Å². The van der Waals surface area contributed by atoms with Crippen LogP contribution in [-0.2, 0) is 0 Å². The van der Waals surface area contributed by atoms with Crippen molar-refractivity contribution >= 4 is 11.8 Å². The van der Waals surface area contributed by atoms with Crippen LogP contribution in [0.5, 0.6) is 0 Å². The number of thioether (sulfide) groups is 1. The summed E-state index contributed by atoms with van der Waals surface area (Å²) in [7, 11) is 0. The van der Waals surface area contributed by atoms with Gasteiger partial charge in [0.25, 0.3) is 0 Å². The van der Waals surface area contributed by atoms with Crippen molar-refractivity contribution in [2.45, 2.75) is 70.4 Å². The average Bonchev–Trinajstić information content (AvgIpc) is 2.53. The van der Waals surface area contributed by atoms with Gasteiger partial charge in [-0.3, -0.25) is 0 Å². The van der Waals surface area contributed by atoms with Crippen LogP contribution >= 0.6 is 11.8 Å². The molecule has 2 nitrogen and oxygen atoms in total. The zero-order valence-electron chi connectivity index (χ0n) is 12.0. The summed E-state index contributed by atoms with van der Waals surface area (Å²) in [6, 6.07) is 0.559. The van der Waals surface area contributed by atoms with Gasteiger partial charge in [-0.05, 0) is 30.4 Å². The number of rotatable bonds is 3. The Balaban J connectivity index is 1.85. The summed E-state index contributed by atoms with van der Waals surface area (Å²) in [5.74, 6) is 2.48. The van der Waals surface area contributed by atoms with E-state index in [0.717, 1.165) is 19.4 Å². The molecule has 2 rings (SSSR count). The molecule has 1 saturated heterocycles. The standard InChI is InChI=1S/C15H29NOS/c1-14(2)9-10-18-11-13(14)16-12-15(17)7-5-3-4-6-8-15/h13,16-17H,3-12H2,1-2H3. The predicted octanol–water partition coefficient (Wildman–Crippen LogP) is 3.19. The molecule has 18 heavy (non-hydrogen) atoms. The van der Waals surface area contributed by atoms with Gasteiger partial charge in [0.2, 0.25) is 0 Å². The fourth-order valence-electron chi connectivity index (χ4n) is 3.15. The Bertz CT molecular complexity index is 259. The molecule has 0 radical (unpaired) electrons. The van der Waals surface area contributed by atoms with E-state index in [1.54, 1.807) is 0 Å². The van der Waals surface area contributed by atoms with Gasteiger partial charge >= 0.3 is 0 Å². The second-order valence-corrected chi connectivity index (χ2v) is 8.04. The number of aliphatic hydroxyl groups is 1. The van der Waals surface area contributed by atoms with Crippen LogP contribution in [0.4, 0.5) is 0 Å². The summed E-state index contributed by atoms with van der Waals surface area (Å²) in [5.41, 5.74) is -0.0545. The van der Waals surface area contributed by atoms with Gasteiger partial charge in [-0.2, -0.15) is 11.8 Å². The van der Waals surface area contributed by atoms with Crippen molar-refractivity contribution in [1.82, 2.24) is 5.32 Å². The number of hydrogen-bond acceptors (Lipinski definition) is 3. The van der Waals surface area contributed by atoms with Crippen LogP contribution in [-0.4, -0.2) is 34.8 Å². The fourth-order valence-corrected chi connectivity index (χ4v) is 4.79. The van der Waals surface area contributed by atoms with Crippen molar-refractivity contribution in [2.75, 3.05) is 18.1 Å². The lowest BCUT2D eigenvalue weighted by atomic mass is 9.81. The van der Waals surface area contributed by atoms with Gasteiger partial charge in [-0.1, -0.05) is 39.5 Å². The van der Waals surface area contributed by atoms with Crippen molar-refractivity contribution in [1.29, 1.82) is 0 Å². The molecule has 106 valence electrons. The van der Waals surface area contributed by atoms with Crippen LogP contribution in [0.3, 0.4) is 0 Å². The maximum absolute atomic E-state index is 10.7. The molecule has 0 aromatic heterocycles. The van der Waals surface area contributed by atoms with Crippen LogP contribution in [0.2, 0.25) is 0 Å². The van der Waals surface area contributed by atoms with E-state index in [-0.39, 0.29) is 0 Å². The van der Waals surface area contributed by atoms with Crippen molar-refractivity contribution < 1.29 is 5.11 Å². The molecule has 1 aliphatic carbocycles. The molecular formula is C15H29NOS. The summed E-state index contributed by atoms with van der Waals surface area (Å²) in [5, 5.41) is 14.4. The van der Waals surface area contributed by atoms with Gasteiger partial charge in [0, 0.05) is 18.3 Å². The van der Waals surface area contributed by atoms with Crippen LogP contribution in [0.15, 0.2) is 0 Å². The van der Waals surface area contributed by atoms with Crippen LogP contribution in [0.25, 0.3) is 0 Å². The first-order valence-corrected chi connectivity index (χ1v) is 8.71. The highest BCUT2D eigenvalue weighted by Gasteiger charge is 2.35. The highest BCUT2D eigenvalue weighted by Crippen LogP contribution is 2.35. The fraction of sp³-hybridized carbons (Fsp3) is 1.00. The SMILES string of the molecule is CC1(C)CCSCC1NCC1(O)CCCCCC1. The third-order valence-corrected chi connectivity index (χ3v) is 5.89. The molecule has 0 amide bonds. The molecule has 1 heterocycles. The lowest BCUT2D eigenvalue weighted by Crippen LogP contribution is -2.52. The molecule has 0 spiro atoms. The van der Waals surface area contributed by atoms with Gasteiger partial charge in [0.05, 0.1) is 5.60 Å². The zero-order valence-corrected chi connectivity index (χ0v) is 12.8. The van der Waals surface area contributed by atoms with E-state index in [2.05, 4.69) is 30.9 Å². The zero-order chi connectivity index (χ0) is 13.1. The third kappa shape index (κ3) is 3.88. The maximum atomic E-state index is 10.7. The molecule has 2 fully saturated rings. The highest BCUT2D eigenvalue weighted by molar-refractivity contribution is 7.99. The van der Waals surface area contributed by atoms with Gasteiger partial charge in [-0.15, -0.1) is 0 Å². The molecule has 2 aliphatic rings. The van der Waals surface area contributed by atoms with Gasteiger partial charge in [-0.25, -0.2) is 0 Å². The Labute approximate surface area is 116 Å². The average molecular weight is 271 g/mol. The lowest BCUT2D eigenvalue weighted by molar-refractivity contribution is 0.0188. The van der Waals surface area contributed by atoms with Gasteiger partial charge < -0.3 is 10.4 Å². The molecule has 1 aliphatic heterocycles. The first-order valence-electron chi connectivity index (χ1n) is 7.55. The Morgan fingerprint density at radius 3 is 2.39 bits per heavy atom. The quantitative estimate of drug-likeness (QED) is 0.773. The van der Waals surface area contributed by atoms with Crippen molar-refractivity contribution in [2.24, 2.45) is 5.41 Å². The molecule has 3 heteroatoms. The molecule has 0 aromatic carbocycles. The Hall–Kier alpha value is 0.270. The summed E-state index contributed by atoms with van der Waals surface area (Å²) in [6.07, 6.45) is 8.25. The molecular weight excluding hydrogens is 242 g/mol. The van der Waals surface area contributed by atoms with E-state index in [0.29, 0.717) is 11.5 Å². The molecule has 2 N–H and O–H groups in total. The molecule has 1 atom stereocenters. The Kier molecular flexibility index (Phi) is 5.01. The van der Waals surface area contributed by atoms with E-state index >= 15 is 0 Å². The van der Waals surface area contributed by atoms with Crippen molar-refractivity contribution in [3.05, 3.63) is 0 Å². The molecule has 0 aromatic rings. The summed E-state index contributed by atoms with van der Waals surface area (Å²) in [4.78, 5) is 0. The minimum Gasteiger partial charge on any atom is -0.389 e. The van der Waals surface area contributed by atoms with Crippen molar-refractivity contribution in [3.63, 3.8) is 0 Å². The summed E-state index contributed by atoms with van der Waals surface area (Å²) >= 11 is 2.05. The highest BCUT2D eigenvalue weighted by atomic mass is 32.2. The number of hydrogen-bond donors (Lipinski definition) is 2. The van der Waals surface area contributed by atoms with E-state index in [9.17, 15) is 5.11 Å². The van der Waals surface area contributed by atoms with Crippen molar-refractivity contribution in [3.8, 4) is 0 Å². The van der Waals surface area contributed by atoms with E-state index < -0.39 is 5.60 Å². The Morgan fingerprint density at radius 2 is 1.78 bits per heavy atom.